The number of benzene rings is 1. The van der Waals surface area contributed by atoms with Crippen LogP contribution < -0.4 is 5.32 Å². The highest BCUT2D eigenvalue weighted by atomic mass is 35.5. The van der Waals surface area contributed by atoms with Crippen molar-refractivity contribution in [3.63, 3.8) is 0 Å². The Hall–Kier alpha value is -1.85. The molecule has 1 heterocycles. The van der Waals surface area contributed by atoms with E-state index in [1.54, 1.807) is 7.11 Å². The van der Waals surface area contributed by atoms with Crippen LogP contribution in [0.4, 0.5) is 0 Å². The van der Waals surface area contributed by atoms with Crippen LogP contribution in [-0.2, 0) is 16.0 Å². The molecule has 0 aliphatic carbocycles. The summed E-state index contributed by atoms with van der Waals surface area (Å²) >= 11 is 6.23. The lowest BCUT2D eigenvalue weighted by atomic mass is 10.0. The van der Waals surface area contributed by atoms with Crippen molar-refractivity contribution < 1.29 is 9.53 Å². The van der Waals surface area contributed by atoms with Crippen LogP contribution in [0.2, 0.25) is 5.02 Å². The number of H-pyrrole nitrogens is 1. The fourth-order valence-electron chi connectivity index (χ4n) is 2.68. The van der Waals surface area contributed by atoms with Gasteiger partial charge >= 0.3 is 0 Å². The minimum Gasteiger partial charge on any atom is -0.375 e. The number of halogens is 1. The third-order valence-corrected chi connectivity index (χ3v) is 4.27. The summed E-state index contributed by atoms with van der Waals surface area (Å²) in [6.45, 7) is 5.70. The Labute approximate surface area is 141 Å². The van der Waals surface area contributed by atoms with E-state index in [1.165, 1.54) is 0 Å². The highest BCUT2D eigenvalue weighted by molar-refractivity contribution is 6.31. The molecule has 2 rings (SSSR count). The molecular weight excluding hydrogens is 314 g/mol. The largest absolute Gasteiger partial charge is 0.375 e. The molecule has 1 aromatic heterocycles. The molecule has 5 nitrogen and oxygen atoms in total. The number of hydrogen-bond donors (Lipinski definition) is 2. The number of carbonyl (C=O) groups is 1. The van der Waals surface area contributed by atoms with Gasteiger partial charge in [0.2, 0.25) is 5.91 Å². The Morgan fingerprint density at radius 3 is 2.65 bits per heavy atom. The maximum atomic E-state index is 12.3. The highest BCUT2D eigenvalue weighted by Gasteiger charge is 2.23. The third-order valence-electron chi connectivity index (χ3n) is 3.93. The van der Waals surface area contributed by atoms with Gasteiger partial charge in [-0.25, -0.2) is 0 Å². The molecule has 2 atom stereocenters. The summed E-state index contributed by atoms with van der Waals surface area (Å²) in [5, 5.41) is 10.6. The van der Waals surface area contributed by atoms with Gasteiger partial charge in [-0.05, 0) is 26.8 Å². The lowest BCUT2D eigenvalue weighted by Gasteiger charge is -2.25. The van der Waals surface area contributed by atoms with E-state index in [0.717, 1.165) is 22.5 Å². The number of ether oxygens (including phenoxy) is 1. The zero-order valence-electron chi connectivity index (χ0n) is 13.8. The van der Waals surface area contributed by atoms with Gasteiger partial charge < -0.3 is 10.1 Å². The Kier molecular flexibility index (Phi) is 5.80. The third kappa shape index (κ3) is 4.12. The number of hydrogen-bond acceptors (Lipinski definition) is 3. The number of nitrogens with one attached hydrogen (secondary N) is 2. The molecule has 0 saturated heterocycles. The number of rotatable bonds is 6. The topological polar surface area (TPSA) is 67.0 Å². The second-order valence-corrected chi connectivity index (χ2v) is 6.03. The predicted molar refractivity (Wildman–Crippen MR) is 90.6 cm³/mol. The van der Waals surface area contributed by atoms with Crippen LogP contribution in [0.5, 0.6) is 0 Å². The van der Waals surface area contributed by atoms with Crippen LogP contribution in [0.25, 0.3) is 0 Å². The average molecular weight is 336 g/mol. The van der Waals surface area contributed by atoms with Gasteiger partial charge in [0, 0.05) is 29.0 Å². The summed E-state index contributed by atoms with van der Waals surface area (Å²) < 4.78 is 5.54. The van der Waals surface area contributed by atoms with Crippen LogP contribution in [0.15, 0.2) is 24.3 Å². The van der Waals surface area contributed by atoms with Crippen LogP contribution in [0.1, 0.15) is 35.5 Å². The molecule has 0 unspecified atom stereocenters. The first-order chi connectivity index (χ1) is 10.9. The Morgan fingerprint density at radius 1 is 1.39 bits per heavy atom. The Morgan fingerprint density at radius 2 is 2.09 bits per heavy atom. The predicted octanol–water partition coefficient (Wildman–Crippen LogP) is 3.11. The Balaban J connectivity index is 2.06. The summed E-state index contributed by atoms with van der Waals surface area (Å²) in [4.78, 5) is 12.3. The van der Waals surface area contributed by atoms with E-state index in [4.69, 9.17) is 16.3 Å². The summed E-state index contributed by atoms with van der Waals surface area (Å²) in [6, 6.07) is 7.28. The second-order valence-electron chi connectivity index (χ2n) is 5.62. The number of amides is 1. The van der Waals surface area contributed by atoms with E-state index in [1.807, 2.05) is 45.0 Å². The molecule has 23 heavy (non-hydrogen) atoms. The lowest BCUT2D eigenvalue weighted by Crippen LogP contribution is -2.38. The van der Waals surface area contributed by atoms with Crippen molar-refractivity contribution in [1.82, 2.24) is 15.5 Å². The maximum absolute atomic E-state index is 12.3. The zero-order valence-corrected chi connectivity index (χ0v) is 14.6. The molecule has 1 aromatic carbocycles. The van der Waals surface area contributed by atoms with E-state index in [2.05, 4.69) is 15.5 Å². The lowest BCUT2D eigenvalue weighted by molar-refractivity contribution is -0.122. The molecule has 6 heteroatoms. The van der Waals surface area contributed by atoms with Gasteiger partial charge in [-0.15, -0.1) is 0 Å². The number of nitrogens with zero attached hydrogens (tertiary/aromatic N) is 1. The maximum Gasteiger partial charge on any atom is 0.224 e. The smallest absolute Gasteiger partial charge is 0.224 e. The van der Waals surface area contributed by atoms with Gasteiger partial charge in [0.1, 0.15) is 6.10 Å². The standard InChI is InChI=1S/C17H22ClN3O2/c1-10-14(11(2)21-20-10)9-16(22)19-12(3)17(23-4)13-7-5-6-8-15(13)18/h5-8,12,17H,9H2,1-4H3,(H,19,22)(H,20,21)/t12-,17+/m1/s1. The van der Waals surface area contributed by atoms with E-state index in [0.29, 0.717) is 5.02 Å². The SMILES string of the molecule is CO[C@H](c1ccccc1Cl)[C@@H](C)NC(=O)Cc1c(C)n[nH]c1C. The highest BCUT2D eigenvalue weighted by Crippen LogP contribution is 2.27. The van der Waals surface area contributed by atoms with Crippen molar-refractivity contribution in [3.05, 3.63) is 51.8 Å². The minimum absolute atomic E-state index is 0.0702. The molecule has 0 aliphatic heterocycles. The molecule has 124 valence electrons. The number of carbonyl (C=O) groups excluding carboxylic acids is 1. The first-order valence-corrected chi connectivity index (χ1v) is 7.88. The van der Waals surface area contributed by atoms with Crippen molar-refractivity contribution in [1.29, 1.82) is 0 Å². The van der Waals surface area contributed by atoms with Crippen LogP contribution >= 0.6 is 11.6 Å². The summed E-state index contributed by atoms with van der Waals surface area (Å²) in [6.07, 6.45) is -0.0172. The summed E-state index contributed by atoms with van der Waals surface area (Å²) in [5.41, 5.74) is 3.56. The van der Waals surface area contributed by atoms with Crippen molar-refractivity contribution in [3.8, 4) is 0 Å². The van der Waals surface area contributed by atoms with Gasteiger partial charge in [0.15, 0.2) is 0 Å². The number of aromatic nitrogens is 2. The normalized spacial score (nSPS) is 13.6. The van der Waals surface area contributed by atoms with Crippen molar-refractivity contribution in [2.75, 3.05) is 7.11 Å². The first kappa shape index (κ1) is 17.5. The number of methoxy groups -OCH3 is 1. The molecule has 0 aliphatic rings. The molecule has 2 N–H and O–H groups in total. The van der Waals surface area contributed by atoms with Gasteiger partial charge in [0.05, 0.1) is 18.2 Å². The molecular formula is C17H22ClN3O2. The van der Waals surface area contributed by atoms with Crippen LogP contribution in [-0.4, -0.2) is 29.3 Å². The summed E-state index contributed by atoms with van der Waals surface area (Å²) in [7, 11) is 1.61. The fourth-order valence-corrected chi connectivity index (χ4v) is 2.93. The minimum atomic E-state index is -0.306. The molecule has 0 spiro atoms. The van der Waals surface area contributed by atoms with Gasteiger partial charge in [-0.1, -0.05) is 29.8 Å². The quantitative estimate of drug-likeness (QED) is 0.852. The van der Waals surface area contributed by atoms with E-state index in [-0.39, 0.29) is 24.5 Å². The Bertz CT molecular complexity index is 665. The summed E-state index contributed by atoms with van der Waals surface area (Å²) in [5.74, 6) is -0.0702. The average Bonchev–Trinajstić information content (AvgIpc) is 2.81. The van der Waals surface area contributed by atoms with Crippen LogP contribution in [0.3, 0.4) is 0 Å². The molecule has 0 saturated carbocycles. The number of aromatic amines is 1. The van der Waals surface area contributed by atoms with E-state index in [9.17, 15) is 4.79 Å². The van der Waals surface area contributed by atoms with Crippen LogP contribution in [0, 0.1) is 13.8 Å². The fraction of sp³-hybridized carbons (Fsp3) is 0.412. The second kappa shape index (κ2) is 7.62. The molecule has 2 aromatic rings. The number of aryl methyl sites for hydroxylation is 2. The van der Waals surface area contributed by atoms with Crippen molar-refractivity contribution in [2.24, 2.45) is 0 Å². The monoisotopic (exact) mass is 335 g/mol. The van der Waals surface area contributed by atoms with Crippen molar-refractivity contribution >= 4 is 17.5 Å². The van der Waals surface area contributed by atoms with Gasteiger partial charge in [0.25, 0.3) is 0 Å². The molecule has 1 amide bonds. The van der Waals surface area contributed by atoms with E-state index >= 15 is 0 Å². The first-order valence-electron chi connectivity index (χ1n) is 7.51. The zero-order chi connectivity index (χ0) is 17.0. The van der Waals surface area contributed by atoms with E-state index < -0.39 is 0 Å². The molecule has 0 radical (unpaired) electrons. The van der Waals surface area contributed by atoms with Crippen molar-refractivity contribution in [2.45, 2.75) is 39.3 Å². The van der Waals surface area contributed by atoms with Gasteiger partial charge in [-0.3, -0.25) is 9.89 Å². The molecule has 0 fully saturated rings. The molecule has 0 bridgehead atoms. The van der Waals surface area contributed by atoms with Gasteiger partial charge in [-0.2, -0.15) is 5.10 Å².